The zero-order chi connectivity index (χ0) is 24.6. The molecular formula is C27H26N4O3S. The molecule has 35 heavy (non-hydrogen) atoms. The van der Waals surface area contributed by atoms with Crippen molar-refractivity contribution in [1.82, 2.24) is 14.9 Å². The predicted octanol–water partition coefficient (Wildman–Crippen LogP) is 4.91. The number of carbonyl (C=O) groups excluding carboxylic acids is 1. The van der Waals surface area contributed by atoms with Crippen LogP contribution >= 0.6 is 0 Å². The summed E-state index contributed by atoms with van der Waals surface area (Å²) in [4.78, 5) is 22.7. The van der Waals surface area contributed by atoms with Crippen molar-refractivity contribution in [3.63, 3.8) is 0 Å². The van der Waals surface area contributed by atoms with E-state index in [0.717, 1.165) is 28.6 Å². The van der Waals surface area contributed by atoms with Crippen LogP contribution in [0.1, 0.15) is 33.5 Å². The number of hydrogen-bond donors (Lipinski definition) is 2. The van der Waals surface area contributed by atoms with Crippen molar-refractivity contribution in [3.05, 3.63) is 95.3 Å². The number of aromatic nitrogens is 2. The standard InChI is InChI=1S/C27H26N4O3S/c1-18-8-9-19(2)25(15-18)35(33,34)30-22-6-3-5-21(16-22)27(32)31-13-10-20(11-14-31)24-17-29-26-23(24)7-4-12-28-26/h3-10,12,15-17,30H,11,13-14H2,1-2H3,(H,28,29). The van der Waals surface area contributed by atoms with Crippen LogP contribution < -0.4 is 4.72 Å². The molecule has 0 unspecified atom stereocenters. The van der Waals surface area contributed by atoms with E-state index < -0.39 is 10.0 Å². The molecule has 0 spiro atoms. The highest BCUT2D eigenvalue weighted by Crippen LogP contribution is 2.29. The number of nitrogens with zero attached hydrogens (tertiary/aromatic N) is 2. The number of fused-ring (bicyclic) bond motifs is 1. The van der Waals surface area contributed by atoms with Crippen LogP contribution in [0.4, 0.5) is 5.69 Å². The molecule has 3 heterocycles. The van der Waals surface area contributed by atoms with Crippen molar-refractivity contribution >= 4 is 38.2 Å². The summed E-state index contributed by atoms with van der Waals surface area (Å²) in [6.07, 6.45) is 6.53. The van der Waals surface area contributed by atoms with E-state index in [4.69, 9.17) is 0 Å². The lowest BCUT2D eigenvalue weighted by atomic mass is 9.99. The number of anilines is 1. The van der Waals surface area contributed by atoms with Gasteiger partial charge in [0.15, 0.2) is 0 Å². The molecule has 2 aromatic carbocycles. The van der Waals surface area contributed by atoms with Crippen LogP contribution in [0.5, 0.6) is 0 Å². The first-order valence-electron chi connectivity index (χ1n) is 11.4. The molecule has 5 rings (SSSR count). The molecular weight excluding hydrogens is 460 g/mol. The first kappa shape index (κ1) is 22.9. The number of benzene rings is 2. The Hall–Kier alpha value is -3.91. The number of hydrogen-bond acceptors (Lipinski definition) is 4. The molecule has 7 nitrogen and oxygen atoms in total. The minimum atomic E-state index is -3.78. The summed E-state index contributed by atoms with van der Waals surface area (Å²) in [5, 5.41) is 1.07. The lowest BCUT2D eigenvalue weighted by molar-refractivity contribution is 0.0773. The minimum Gasteiger partial charge on any atom is -0.346 e. The molecule has 0 saturated carbocycles. The zero-order valence-corrected chi connectivity index (χ0v) is 20.4. The molecule has 2 N–H and O–H groups in total. The Kier molecular flexibility index (Phi) is 5.90. The number of aromatic amines is 1. The maximum absolute atomic E-state index is 13.2. The Bertz CT molecular complexity index is 1570. The van der Waals surface area contributed by atoms with Gasteiger partial charge in [0.1, 0.15) is 5.65 Å². The Morgan fingerprint density at radius 2 is 1.94 bits per heavy atom. The van der Waals surface area contributed by atoms with E-state index in [-0.39, 0.29) is 10.8 Å². The van der Waals surface area contributed by atoms with Gasteiger partial charge in [-0.15, -0.1) is 0 Å². The number of rotatable bonds is 5. The third-order valence-electron chi connectivity index (χ3n) is 6.29. The van der Waals surface area contributed by atoms with E-state index in [1.807, 2.05) is 31.3 Å². The van der Waals surface area contributed by atoms with E-state index >= 15 is 0 Å². The molecule has 1 aliphatic heterocycles. The predicted molar refractivity (Wildman–Crippen MR) is 138 cm³/mol. The zero-order valence-electron chi connectivity index (χ0n) is 19.6. The monoisotopic (exact) mass is 486 g/mol. The second-order valence-electron chi connectivity index (χ2n) is 8.79. The highest BCUT2D eigenvalue weighted by atomic mass is 32.2. The average Bonchev–Trinajstić information content (AvgIpc) is 3.29. The largest absolute Gasteiger partial charge is 0.346 e. The van der Waals surface area contributed by atoms with Crippen LogP contribution in [-0.2, 0) is 10.0 Å². The third kappa shape index (κ3) is 4.57. The fourth-order valence-corrected chi connectivity index (χ4v) is 5.81. The van der Waals surface area contributed by atoms with Gasteiger partial charge in [0.05, 0.1) is 4.90 Å². The molecule has 2 aromatic heterocycles. The van der Waals surface area contributed by atoms with Gasteiger partial charge < -0.3 is 9.88 Å². The molecule has 0 fully saturated rings. The quantitative estimate of drug-likeness (QED) is 0.419. The smallest absolute Gasteiger partial charge is 0.262 e. The number of amides is 1. The van der Waals surface area contributed by atoms with E-state index in [1.165, 1.54) is 5.57 Å². The second kappa shape index (κ2) is 9.03. The van der Waals surface area contributed by atoms with Crippen LogP contribution in [0, 0.1) is 13.8 Å². The number of H-pyrrole nitrogens is 1. The number of carbonyl (C=O) groups is 1. The first-order valence-corrected chi connectivity index (χ1v) is 12.9. The van der Waals surface area contributed by atoms with Gasteiger partial charge in [0.2, 0.25) is 0 Å². The van der Waals surface area contributed by atoms with Crippen molar-refractivity contribution in [3.8, 4) is 0 Å². The summed E-state index contributed by atoms with van der Waals surface area (Å²) < 4.78 is 28.6. The molecule has 4 aromatic rings. The lowest BCUT2D eigenvalue weighted by Crippen LogP contribution is -2.34. The van der Waals surface area contributed by atoms with Gasteiger partial charge >= 0.3 is 0 Å². The Morgan fingerprint density at radius 1 is 1.09 bits per heavy atom. The van der Waals surface area contributed by atoms with Crippen molar-refractivity contribution in [2.75, 3.05) is 17.8 Å². The maximum Gasteiger partial charge on any atom is 0.262 e. The van der Waals surface area contributed by atoms with Gasteiger partial charge in [-0.2, -0.15) is 0 Å². The lowest BCUT2D eigenvalue weighted by Gasteiger charge is -2.26. The van der Waals surface area contributed by atoms with E-state index in [9.17, 15) is 13.2 Å². The summed E-state index contributed by atoms with van der Waals surface area (Å²) in [5.74, 6) is -0.131. The maximum atomic E-state index is 13.2. The fourth-order valence-electron chi connectivity index (χ4n) is 4.43. The van der Waals surface area contributed by atoms with Gasteiger partial charge in [0, 0.05) is 47.7 Å². The van der Waals surface area contributed by atoms with Crippen molar-refractivity contribution in [1.29, 1.82) is 0 Å². The molecule has 0 atom stereocenters. The minimum absolute atomic E-state index is 0.131. The van der Waals surface area contributed by atoms with Gasteiger partial charge in [-0.25, -0.2) is 13.4 Å². The Labute approximate surface area is 204 Å². The molecule has 1 amide bonds. The van der Waals surface area contributed by atoms with E-state index in [0.29, 0.717) is 29.9 Å². The average molecular weight is 487 g/mol. The molecule has 178 valence electrons. The van der Waals surface area contributed by atoms with E-state index in [2.05, 4.69) is 20.8 Å². The normalized spacial score (nSPS) is 14.1. The summed E-state index contributed by atoms with van der Waals surface area (Å²) in [6, 6.07) is 15.9. The number of nitrogens with one attached hydrogen (secondary N) is 2. The molecule has 1 aliphatic rings. The van der Waals surface area contributed by atoms with Crippen LogP contribution in [-0.4, -0.2) is 42.3 Å². The third-order valence-corrected chi connectivity index (χ3v) is 7.81. The summed E-state index contributed by atoms with van der Waals surface area (Å²) in [7, 11) is -3.78. The molecule has 8 heteroatoms. The highest BCUT2D eigenvalue weighted by Gasteiger charge is 2.22. The van der Waals surface area contributed by atoms with Crippen LogP contribution in [0.3, 0.4) is 0 Å². The summed E-state index contributed by atoms with van der Waals surface area (Å²) in [5.41, 5.74) is 5.47. The topological polar surface area (TPSA) is 95.2 Å². The van der Waals surface area contributed by atoms with Crippen molar-refractivity contribution in [2.45, 2.75) is 25.2 Å². The van der Waals surface area contributed by atoms with Crippen molar-refractivity contribution in [2.24, 2.45) is 0 Å². The molecule has 0 radical (unpaired) electrons. The van der Waals surface area contributed by atoms with Crippen molar-refractivity contribution < 1.29 is 13.2 Å². The van der Waals surface area contributed by atoms with Crippen LogP contribution in [0.25, 0.3) is 16.6 Å². The highest BCUT2D eigenvalue weighted by molar-refractivity contribution is 7.92. The van der Waals surface area contributed by atoms with Gasteiger partial charge in [-0.05, 0) is 73.4 Å². The molecule has 0 aliphatic carbocycles. The molecule has 0 saturated heterocycles. The number of pyridine rings is 1. The molecule has 0 bridgehead atoms. The summed E-state index contributed by atoms with van der Waals surface area (Å²) >= 11 is 0. The van der Waals surface area contributed by atoms with Crippen LogP contribution in [0.2, 0.25) is 0 Å². The van der Waals surface area contributed by atoms with Gasteiger partial charge in [0.25, 0.3) is 15.9 Å². The fraction of sp³-hybridized carbons (Fsp3) is 0.185. The Morgan fingerprint density at radius 3 is 2.74 bits per heavy atom. The first-order chi connectivity index (χ1) is 16.8. The second-order valence-corrected chi connectivity index (χ2v) is 10.4. The Balaban J connectivity index is 1.33. The van der Waals surface area contributed by atoms with E-state index in [1.54, 1.807) is 54.4 Å². The number of sulfonamides is 1. The van der Waals surface area contributed by atoms with Gasteiger partial charge in [-0.1, -0.05) is 24.3 Å². The van der Waals surface area contributed by atoms with Gasteiger partial charge in [-0.3, -0.25) is 9.52 Å². The van der Waals surface area contributed by atoms with Crippen LogP contribution in [0.15, 0.2) is 78.0 Å². The summed E-state index contributed by atoms with van der Waals surface area (Å²) in [6.45, 7) is 4.68. The number of aryl methyl sites for hydroxylation is 2. The SMILES string of the molecule is Cc1ccc(C)c(S(=O)(=O)Nc2cccc(C(=O)N3CC=C(c4c[nH]c5ncccc45)CC3)c2)c1.